The normalized spacial score (nSPS) is 11.7. The SMILES string of the molecule is O=C(Nc1cccc(SC(C(=O)Nc2ccc(O)c(C(=O)O)c2)c2ccccc2)c1)/C(=C/c1ccsc1)NC(=O)c1ccccc1. The van der Waals surface area contributed by atoms with Gasteiger partial charge >= 0.3 is 5.97 Å². The van der Waals surface area contributed by atoms with Crippen molar-refractivity contribution in [3.63, 3.8) is 0 Å². The van der Waals surface area contributed by atoms with Gasteiger partial charge in [0.15, 0.2) is 0 Å². The maximum Gasteiger partial charge on any atom is 0.339 e. The molecule has 0 spiro atoms. The first-order valence-electron chi connectivity index (χ1n) is 13.9. The fourth-order valence-corrected chi connectivity index (χ4v) is 6.04. The van der Waals surface area contributed by atoms with Gasteiger partial charge in [-0.2, -0.15) is 11.3 Å². The fraction of sp³-hybridized carbons (Fsp3) is 0.0286. The van der Waals surface area contributed by atoms with Crippen LogP contribution in [0.1, 0.15) is 37.1 Å². The molecule has 9 nitrogen and oxygen atoms in total. The molecule has 5 aromatic rings. The number of phenols is 1. The van der Waals surface area contributed by atoms with Gasteiger partial charge in [0.25, 0.3) is 11.8 Å². The van der Waals surface area contributed by atoms with Gasteiger partial charge < -0.3 is 26.2 Å². The van der Waals surface area contributed by atoms with E-state index in [1.165, 1.54) is 41.3 Å². The van der Waals surface area contributed by atoms with E-state index in [9.17, 15) is 29.4 Å². The number of carboxylic acids is 1. The fourth-order valence-electron chi connectivity index (χ4n) is 4.34. The van der Waals surface area contributed by atoms with Crippen molar-refractivity contribution in [1.82, 2.24) is 5.32 Å². The van der Waals surface area contributed by atoms with E-state index in [2.05, 4.69) is 16.0 Å². The summed E-state index contributed by atoms with van der Waals surface area (Å²) < 4.78 is 0. The summed E-state index contributed by atoms with van der Waals surface area (Å²) in [4.78, 5) is 52.0. The monoisotopic (exact) mass is 649 g/mol. The van der Waals surface area contributed by atoms with Gasteiger partial charge in [-0.15, -0.1) is 11.8 Å². The van der Waals surface area contributed by atoms with E-state index in [1.807, 2.05) is 22.9 Å². The van der Waals surface area contributed by atoms with Crippen molar-refractivity contribution < 1.29 is 29.4 Å². The predicted molar refractivity (Wildman–Crippen MR) is 180 cm³/mol. The average molecular weight is 650 g/mol. The Labute approximate surface area is 272 Å². The summed E-state index contributed by atoms with van der Waals surface area (Å²) in [6.45, 7) is 0. The van der Waals surface area contributed by atoms with Gasteiger partial charge in [-0.1, -0.05) is 54.6 Å². The first kappa shape index (κ1) is 31.8. The van der Waals surface area contributed by atoms with Crippen molar-refractivity contribution in [2.24, 2.45) is 0 Å². The molecule has 230 valence electrons. The third kappa shape index (κ3) is 8.29. The first-order chi connectivity index (χ1) is 22.3. The smallest absolute Gasteiger partial charge is 0.339 e. The van der Waals surface area contributed by atoms with Crippen molar-refractivity contribution >= 4 is 64.2 Å². The Bertz CT molecular complexity index is 1890. The molecule has 0 aliphatic heterocycles. The van der Waals surface area contributed by atoms with Crippen LogP contribution in [0.5, 0.6) is 5.75 Å². The minimum absolute atomic E-state index is 0.0569. The molecule has 0 saturated heterocycles. The van der Waals surface area contributed by atoms with E-state index in [4.69, 9.17) is 0 Å². The molecule has 46 heavy (non-hydrogen) atoms. The molecule has 1 aromatic heterocycles. The molecule has 0 radical (unpaired) electrons. The number of anilines is 2. The zero-order chi connectivity index (χ0) is 32.5. The third-order valence-electron chi connectivity index (χ3n) is 6.56. The number of carbonyl (C=O) groups is 4. The molecule has 1 atom stereocenters. The van der Waals surface area contributed by atoms with Crippen molar-refractivity contribution in [3.05, 3.63) is 148 Å². The Kier molecular flexibility index (Phi) is 10.3. The molecule has 11 heteroatoms. The van der Waals surface area contributed by atoms with E-state index in [0.29, 0.717) is 21.7 Å². The number of aromatic hydroxyl groups is 1. The molecular weight excluding hydrogens is 623 g/mol. The van der Waals surface area contributed by atoms with E-state index >= 15 is 0 Å². The van der Waals surface area contributed by atoms with Crippen LogP contribution in [0.25, 0.3) is 6.08 Å². The number of hydrogen-bond donors (Lipinski definition) is 5. The Morgan fingerprint density at radius 1 is 0.783 bits per heavy atom. The maximum absolute atomic E-state index is 13.5. The van der Waals surface area contributed by atoms with Crippen molar-refractivity contribution in [1.29, 1.82) is 0 Å². The van der Waals surface area contributed by atoms with Crippen molar-refractivity contribution in [2.45, 2.75) is 10.1 Å². The van der Waals surface area contributed by atoms with Crippen LogP contribution in [0.3, 0.4) is 0 Å². The maximum atomic E-state index is 13.5. The van der Waals surface area contributed by atoms with Crippen LogP contribution in [0.4, 0.5) is 11.4 Å². The first-order valence-corrected chi connectivity index (χ1v) is 15.7. The summed E-state index contributed by atoms with van der Waals surface area (Å²) >= 11 is 2.69. The number of carboxylic acid groups (broad SMARTS) is 1. The van der Waals surface area contributed by atoms with Crippen LogP contribution in [-0.2, 0) is 9.59 Å². The summed E-state index contributed by atoms with van der Waals surface area (Å²) in [7, 11) is 0. The summed E-state index contributed by atoms with van der Waals surface area (Å²) in [6, 6.07) is 30.2. The lowest BCUT2D eigenvalue weighted by Crippen LogP contribution is -2.30. The number of aromatic carboxylic acids is 1. The Morgan fingerprint density at radius 3 is 2.20 bits per heavy atom. The van der Waals surface area contributed by atoms with E-state index in [0.717, 1.165) is 5.56 Å². The molecule has 5 rings (SSSR count). The quantitative estimate of drug-likeness (QED) is 0.0587. The van der Waals surface area contributed by atoms with Crippen LogP contribution < -0.4 is 16.0 Å². The molecule has 5 N–H and O–H groups in total. The van der Waals surface area contributed by atoms with Gasteiger partial charge in [0.1, 0.15) is 22.3 Å². The zero-order valence-corrected chi connectivity index (χ0v) is 25.7. The second-order valence-electron chi connectivity index (χ2n) is 9.85. The van der Waals surface area contributed by atoms with Gasteiger partial charge in [0, 0.05) is 21.8 Å². The molecule has 4 aromatic carbocycles. The van der Waals surface area contributed by atoms with E-state index in [1.54, 1.807) is 84.9 Å². The summed E-state index contributed by atoms with van der Waals surface area (Å²) in [5, 5.41) is 30.5. The highest BCUT2D eigenvalue weighted by Gasteiger charge is 2.23. The molecule has 3 amide bonds. The molecule has 1 unspecified atom stereocenters. The minimum atomic E-state index is -1.32. The number of hydrogen-bond acceptors (Lipinski definition) is 7. The zero-order valence-electron chi connectivity index (χ0n) is 24.0. The van der Waals surface area contributed by atoms with E-state index < -0.39 is 34.7 Å². The van der Waals surface area contributed by atoms with Crippen LogP contribution in [-0.4, -0.2) is 33.9 Å². The molecule has 0 saturated carbocycles. The Morgan fingerprint density at radius 2 is 1.50 bits per heavy atom. The molecule has 1 heterocycles. The number of thiophene rings is 1. The number of carbonyl (C=O) groups excluding carboxylic acids is 3. The highest BCUT2D eigenvalue weighted by atomic mass is 32.2. The molecule has 0 aliphatic carbocycles. The lowest BCUT2D eigenvalue weighted by atomic mass is 10.1. The molecular formula is C35H27N3O6S2. The van der Waals surface area contributed by atoms with Crippen LogP contribution in [0.15, 0.2) is 131 Å². The summed E-state index contributed by atoms with van der Waals surface area (Å²) in [5.41, 5.74) is 2.23. The highest BCUT2D eigenvalue weighted by Crippen LogP contribution is 2.37. The second kappa shape index (κ2) is 14.9. The number of rotatable bonds is 11. The van der Waals surface area contributed by atoms with Crippen LogP contribution >= 0.6 is 23.1 Å². The lowest BCUT2D eigenvalue weighted by molar-refractivity contribution is -0.116. The average Bonchev–Trinajstić information content (AvgIpc) is 3.58. The predicted octanol–water partition coefficient (Wildman–Crippen LogP) is 7.03. The molecule has 0 fully saturated rings. The van der Waals surface area contributed by atoms with Gasteiger partial charge in [0.05, 0.1) is 0 Å². The molecule has 0 bridgehead atoms. The number of amides is 3. The van der Waals surface area contributed by atoms with Gasteiger partial charge in [0.2, 0.25) is 5.91 Å². The topological polar surface area (TPSA) is 145 Å². The highest BCUT2D eigenvalue weighted by molar-refractivity contribution is 8.00. The Balaban J connectivity index is 1.36. The lowest BCUT2D eigenvalue weighted by Gasteiger charge is -2.18. The van der Waals surface area contributed by atoms with E-state index in [-0.39, 0.29) is 16.9 Å². The summed E-state index contributed by atoms with van der Waals surface area (Å²) in [6.07, 6.45) is 1.60. The number of benzene rings is 4. The second-order valence-corrected chi connectivity index (χ2v) is 11.8. The number of thioether (sulfide) groups is 1. The van der Waals surface area contributed by atoms with Gasteiger partial charge in [-0.3, -0.25) is 14.4 Å². The largest absolute Gasteiger partial charge is 0.507 e. The summed E-state index contributed by atoms with van der Waals surface area (Å²) in [5.74, 6) is -3.11. The standard InChI is InChI=1S/C35H27N3O6S2/c39-30-15-14-26(20-28(30)35(43)44)37-34(42)31(23-8-3-1-4-9-23)46-27-13-7-12-25(19-27)36-33(41)29(18-22-16-17-45-21-22)38-32(40)24-10-5-2-6-11-24/h1-21,31,39H,(H,36,41)(H,37,42)(H,38,40)(H,43,44)/b29-18-. The van der Waals surface area contributed by atoms with Crippen LogP contribution in [0.2, 0.25) is 0 Å². The minimum Gasteiger partial charge on any atom is -0.507 e. The van der Waals surface area contributed by atoms with Crippen molar-refractivity contribution in [2.75, 3.05) is 10.6 Å². The van der Waals surface area contributed by atoms with Crippen LogP contribution in [0, 0.1) is 0 Å². The number of nitrogens with one attached hydrogen (secondary N) is 3. The van der Waals surface area contributed by atoms with Crippen molar-refractivity contribution in [3.8, 4) is 5.75 Å². The van der Waals surface area contributed by atoms with Gasteiger partial charge in [-0.25, -0.2) is 4.79 Å². The molecule has 0 aliphatic rings. The third-order valence-corrected chi connectivity index (χ3v) is 8.51. The Hall–Kier alpha value is -5.65. The van der Waals surface area contributed by atoms with Gasteiger partial charge in [-0.05, 0) is 82.6 Å².